The molecule has 0 saturated carbocycles. The second-order valence-electron chi connectivity index (χ2n) is 8.00. The Bertz CT molecular complexity index is 1750. The van der Waals surface area contributed by atoms with Gasteiger partial charge < -0.3 is 0 Å². The molecule has 0 atom stereocenters. The fourth-order valence-corrected chi connectivity index (χ4v) is 5.80. The Morgan fingerprint density at radius 3 is 2.57 bits per heavy atom. The van der Waals surface area contributed by atoms with Gasteiger partial charge in [-0.2, -0.15) is 0 Å². The van der Waals surface area contributed by atoms with Crippen molar-refractivity contribution in [2.75, 3.05) is 0 Å². The highest BCUT2D eigenvalue weighted by atomic mass is 32.2. The Labute approximate surface area is 207 Å². The predicted octanol–water partition coefficient (Wildman–Crippen LogP) is 5.90. The molecule has 0 unspecified atom stereocenters. The largest absolute Gasteiger partial charge is 0.268 e. The molecule has 172 valence electrons. The standard InChI is InChI=1S/C26H18FN5OS2/c1-16-6-2-4-8-21(16)31-24(33)20-7-3-5-9-22(20)32-25(31)29-30-26(32)35-15-19-14-34-23(28-19)17-10-12-18(27)13-11-17/h2-14H,15H2,1H3. The number of hydrogen-bond acceptors (Lipinski definition) is 6. The Balaban J connectivity index is 1.42. The smallest absolute Gasteiger partial charge is 0.267 e. The van der Waals surface area contributed by atoms with E-state index in [0.29, 0.717) is 22.1 Å². The fraction of sp³-hybridized carbons (Fsp3) is 0.0769. The summed E-state index contributed by atoms with van der Waals surface area (Å²) in [6.45, 7) is 1.97. The molecule has 0 amide bonds. The molecule has 35 heavy (non-hydrogen) atoms. The molecule has 0 N–H and O–H groups in total. The number of rotatable bonds is 5. The summed E-state index contributed by atoms with van der Waals surface area (Å²) in [6, 6.07) is 21.6. The highest BCUT2D eigenvalue weighted by Gasteiger charge is 2.19. The lowest BCUT2D eigenvalue weighted by atomic mass is 10.2. The Kier molecular flexibility index (Phi) is 5.43. The number of thiazole rings is 1. The molecule has 3 aromatic carbocycles. The molecule has 0 spiro atoms. The SMILES string of the molecule is Cc1ccccc1-n1c(=O)c2ccccc2n2c(SCc3csc(-c4ccc(F)cc4)n3)nnc12. The van der Waals surface area contributed by atoms with Crippen LogP contribution in [0.2, 0.25) is 0 Å². The number of para-hydroxylation sites is 2. The van der Waals surface area contributed by atoms with Crippen molar-refractivity contribution in [2.24, 2.45) is 0 Å². The molecular formula is C26H18FN5OS2. The van der Waals surface area contributed by atoms with Crippen molar-refractivity contribution >= 4 is 39.8 Å². The monoisotopic (exact) mass is 499 g/mol. The maximum atomic E-state index is 13.5. The summed E-state index contributed by atoms with van der Waals surface area (Å²) >= 11 is 3.03. The van der Waals surface area contributed by atoms with Crippen LogP contribution in [0.15, 0.2) is 88.1 Å². The molecule has 6 aromatic rings. The molecule has 0 aliphatic heterocycles. The molecule has 0 radical (unpaired) electrons. The van der Waals surface area contributed by atoms with Crippen LogP contribution < -0.4 is 5.56 Å². The number of thioether (sulfide) groups is 1. The second kappa shape index (κ2) is 8.75. The van der Waals surface area contributed by atoms with E-state index in [9.17, 15) is 9.18 Å². The normalized spacial score (nSPS) is 11.5. The minimum absolute atomic E-state index is 0.130. The maximum Gasteiger partial charge on any atom is 0.267 e. The van der Waals surface area contributed by atoms with Crippen LogP contribution in [-0.4, -0.2) is 24.1 Å². The number of aryl methyl sites for hydroxylation is 1. The number of halogens is 1. The quantitative estimate of drug-likeness (QED) is 0.277. The van der Waals surface area contributed by atoms with Crippen molar-refractivity contribution in [3.63, 3.8) is 0 Å². The van der Waals surface area contributed by atoms with Crippen LogP contribution in [0.1, 0.15) is 11.3 Å². The van der Waals surface area contributed by atoms with Gasteiger partial charge in [0.1, 0.15) is 10.8 Å². The van der Waals surface area contributed by atoms with Gasteiger partial charge in [0.05, 0.1) is 22.3 Å². The van der Waals surface area contributed by atoms with E-state index in [1.54, 1.807) is 16.7 Å². The first kappa shape index (κ1) is 21.7. The van der Waals surface area contributed by atoms with Crippen LogP contribution in [-0.2, 0) is 5.75 Å². The summed E-state index contributed by atoms with van der Waals surface area (Å²) in [5.74, 6) is 0.781. The zero-order chi connectivity index (χ0) is 23.9. The van der Waals surface area contributed by atoms with Crippen molar-refractivity contribution in [1.82, 2.24) is 24.1 Å². The maximum absolute atomic E-state index is 13.5. The Morgan fingerprint density at radius 2 is 1.74 bits per heavy atom. The molecule has 3 aromatic heterocycles. The summed E-state index contributed by atoms with van der Waals surface area (Å²) < 4.78 is 16.8. The first-order valence-corrected chi connectivity index (χ1v) is 12.7. The minimum atomic E-state index is -0.267. The van der Waals surface area contributed by atoms with Crippen molar-refractivity contribution in [3.8, 4) is 16.3 Å². The summed E-state index contributed by atoms with van der Waals surface area (Å²) in [5, 5.41) is 13.0. The third-order valence-corrected chi connectivity index (χ3v) is 7.65. The molecule has 6 rings (SSSR count). The molecular weight excluding hydrogens is 481 g/mol. The van der Waals surface area contributed by atoms with Gasteiger partial charge in [-0.25, -0.2) is 13.9 Å². The summed E-state index contributed by atoms with van der Waals surface area (Å²) in [7, 11) is 0. The van der Waals surface area contributed by atoms with Gasteiger partial charge in [-0.1, -0.05) is 42.1 Å². The summed E-state index contributed by atoms with van der Waals surface area (Å²) in [6.07, 6.45) is 0. The lowest BCUT2D eigenvalue weighted by Crippen LogP contribution is -2.22. The van der Waals surface area contributed by atoms with E-state index >= 15 is 0 Å². The van der Waals surface area contributed by atoms with Gasteiger partial charge in [0, 0.05) is 16.7 Å². The zero-order valence-electron chi connectivity index (χ0n) is 18.6. The molecule has 0 bridgehead atoms. The van der Waals surface area contributed by atoms with Gasteiger partial charge >= 0.3 is 0 Å². The van der Waals surface area contributed by atoms with Gasteiger partial charge in [-0.3, -0.25) is 9.20 Å². The van der Waals surface area contributed by atoms with Crippen LogP contribution in [0.4, 0.5) is 4.39 Å². The van der Waals surface area contributed by atoms with Crippen LogP contribution >= 0.6 is 23.1 Å². The number of aromatic nitrogens is 5. The van der Waals surface area contributed by atoms with Gasteiger partial charge in [0.25, 0.3) is 5.56 Å². The number of nitrogens with zero attached hydrogens (tertiary/aromatic N) is 5. The van der Waals surface area contributed by atoms with Crippen LogP contribution in [0.5, 0.6) is 0 Å². The average Bonchev–Trinajstić information content (AvgIpc) is 3.52. The number of hydrogen-bond donors (Lipinski definition) is 0. The molecule has 3 heterocycles. The number of fused-ring (bicyclic) bond motifs is 3. The first-order valence-electron chi connectivity index (χ1n) is 10.9. The van der Waals surface area contributed by atoms with E-state index in [4.69, 9.17) is 4.98 Å². The fourth-order valence-electron chi connectivity index (χ4n) is 4.04. The average molecular weight is 500 g/mol. The van der Waals surface area contributed by atoms with E-state index in [1.165, 1.54) is 35.2 Å². The molecule has 0 fully saturated rings. The van der Waals surface area contributed by atoms with Crippen molar-refractivity contribution in [3.05, 3.63) is 106 Å². The van der Waals surface area contributed by atoms with Gasteiger partial charge in [-0.15, -0.1) is 21.5 Å². The first-order chi connectivity index (χ1) is 17.1. The molecule has 6 nitrogen and oxygen atoms in total. The molecule has 0 aliphatic carbocycles. The van der Waals surface area contributed by atoms with Crippen LogP contribution in [0.25, 0.3) is 32.9 Å². The third kappa shape index (κ3) is 3.82. The van der Waals surface area contributed by atoms with E-state index < -0.39 is 0 Å². The molecule has 0 aliphatic rings. The van der Waals surface area contributed by atoms with Gasteiger partial charge in [0.15, 0.2) is 5.16 Å². The lowest BCUT2D eigenvalue weighted by Gasteiger charge is -2.13. The van der Waals surface area contributed by atoms with Crippen LogP contribution in [0.3, 0.4) is 0 Å². The van der Waals surface area contributed by atoms with Gasteiger partial charge in [0.2, 0.25) is 5.78 Å². The van der Waals surface area contributed by atoms with E-state index in [-0.39, 0.29) is 11.4 Å². The number of benzene rings is 3. The second-order valence-corrected chi connectivity index (χ2v) is 9.80. The minimum Gasteiger partial charge on any atom is -0.268 e. The highest BCUT2D eigenvalue weighted by molar-refractivity contribution is 7.98. The van der Waals surface area contributed by atoms with Crippen molar-refractivity contribution in [1.29, 1.82) is 0 Å². The van der Waals surface area contributed by atoms with Crippen LogP contribution in [0, 0.1) is 12.7 Å². The van der Waals surface area contributed by atoms with Crippen molar-refractivity contribution < 1.29 is 4.39 Å². The lowest BCUT2D eigenvalue weighted by molar-refractivity contribution is 0.628. The molecule has 0 saturated heterocycles. The Hall–Kier alpha value is -3.82. The van der Waals surface area contributed by atoms with Crippen molar-refractivity contribution in [2.45, 2.75) is 17.8 Å². The van der Waals surface area contributed by atoms with E-state index in [1.807, 2.05) is 65.2 Å². The Morgan fingerprint density at radius 1 is 0.971 bits per heavy atom. The summed E-state index contributed by atoms with van der Waals surface area (Å²) in [4.78, 5) is 18.2. The zero-order valence-corrected chi connectivity index (χ0v) is 20.2. The van der Waals surface area contributed by atoms with Gasteiger partial charge in [-0.05, 0) is 55.0 Å². The third-order valence-electron chi connectivity index (χ3n) is 5.74. The van der Waals surface area contributed by atoms with E-state index in [0.717, 1.165) is 33.0 Å². The highest BCUT2D eigenvalue weighted by Crippen LogP contribution is 2.29. The summed E-state index contributed by atoms with van der Waals surface area (Å²) in [5.41, 5.74) is 4.16. The molecule has 9 heteroatoms. The van der Waals surface area contributed by atoms with E-state index in [2.05, 4.69) is 10.2 Å². The topological polar surface area (TPSA) is 65.1 Å². The predicted molar refractivity (Wildman–Crippen MR) is 138 cm³/mol.